The average molecular weight is 278 g/mol. The Balaban J connectivity index is 2.98. The Kier molecular flexibility index (Phi) is 6.76. The molecule has 0 atom stereocenters. The molecule has 0 spiro atoms. The Bertz CT molecular complexity index is 391. The zero-order valence-corrected chi connectivity index (χ0v) is 13.7. The average Bonchev–Trinajstić information content (AvgIpc) is 2.50. The van der Waals surface area contributed by atoms with Gasteiger partial charge in [0.1, 0.15) is 17.5 Å². The van der Waals surface area contributed by atoms with E-state index in [1.807, 2.05) is 6.07 Å². The highest BCUT2D eigenvalue weighted by atomic mass is 15.1. The van der Waals surface area contributed by atoms with Crippen molar-refractivity contribution in [2.75, 3.05) is 17.2 Å². The summed E-state index contributed by atoms with van der Waals surface area (Å²) in [7, 11) is 0. The normalized spacial score (nSPS) is 11.4. The molecule has 0 radical (unpaired) electrons. The van der Waals surface area contributed by atoms with Crippen LogP contribution < -0.4 is 10.6 Å². The molecule has 4 nitrogen and oxygen atoms in total. The number of hydrogen-bond acceptors (Lipinski definition) is 4. The molecular weight excluding hydrogens is 248 g/mol. The summed E-state index contributed by atoms with van der Waals surface area (Å²) in [6.07, 6.45) is 5.25. The number of hydrogen-bond donors (Lipinski definition) is 2. The van der Waals surface area contributed by atoms with Crippen LogP contribution in [0.25, 0.3) is 0 Å². The van der Waals surface area contributed by atoms with Crippen molar-refractivity contribution in [2.45, 2.75) is 72.3 Å². The third kappa shape index (κ3) is 4.36. The Labute approximate surface area is 123 Å². The maximum Gasteiger partial charge on any atom is 0.132 e. The first-order valence-corrected chi connectivity index (χ1v) is 8.03. The molecule has 1 heterocycles. The van der Waals surface area contributed by atoms with Gasteiger partial charge in [0, 0.05) is 24.6 Å². The third-order valence-electron chi connectivity index (χ3n) is 4.07. The van der Waals surface area contributed by atoms with Crippen molar-refractivity contribution >= 4 is 11.6 Å². The van der Waals surface area contributed by atoms with Crippen molar-refractivity contribution in [3.8, 4) is 0 Å². The van der Waals surface area contributed by atoms with Gasteiger partial charge in [-0.25, -0.2) is 9.97 Å². The minimum absolute atomic E-state index is 0.140. The number of aryl methyl sites for hydroxylation is 1. The van der Waals surface area contributed by atoms with Gasteiger partial charge in [0.15, 0.2) is 0 Å². The van der Waals surface area contributed by atoms with E-state index in [1.54, 1.807) is 0 Å². The maximum absolute atomic E-state index is 4.63. The molecule has 0 aromatic carbocycles. The van der Waals surface area contributed by atoms with Gasteiger partial charge >= 0.3 is 0 Å². The van der Waals surface area contributed by atoms with Gasteiger partial charge in [0.2, 0.25) is 0 Å². The fourth-order valence-electron chi connectivity index (χ4n) is 2.35. The molecule has 0 saturated heterocycles. The highest BCUT2D eigenvalue weighted by Crippen LogP contribution is 2.25. The van der Waals surface area contributed by atoms with Crippen molar-refractivity contribution in [1.82, 2.24) is 9.97 Å². The van der Waals surface area contributed by atoms with E-state index in [0.717, 1.165) is 56.1 Å². The van der Waals surface area contributed by atoms with E-state index in [2.05, 4.69) is 55.2 Å². The molecule has 0 amide bonds. The number of nitrogens with zero attached hydrogens (tertiary/aromatic N) is 2. The van der Waals surface area contributed by atoms with Crippen LogP contribution in [0.3, 0.4) is 0 Å². The van der Waals surface area contributed by atoms with Gasteiger partial charge < -0.3 is 10.6 Å². The van der Waals surface area contributed by atoms with Crippen LogP contribution in [-0.2, 0) is 6.42 Å². The molecule has 0 bridgehead atoms. The second kappa shape index (κ2) is 8.08. The fraction of sp³-hybridized carbons (Fsp3) is 0.750. The smallest absolute Gasteiger partial charge is 0.132 e. The van der Waals surface area contributed by atoms with Crippen molar-refractivity contribution in [1.29, 1.82) is 0 Å². The van der Waals surface area contributed by atoms with E-state index >= 15 is 0 Å². The number of nitrogens with one attached hydrogen (secondary N) is 2. The highest BCUT2D eigenvalue weighted by Gasteiger charge is 2.24. The molecule has 0 aliphatic rings. The lowest BCUT2D eigenvalue weighted by Gasteiger charge is -2.32. The molecule has 1 aromatic heterocycles. The van der Waals surface area contributed by atoms with E-state index in [9.17, 15) is 0 Å². The van der Waals surface area contributed by atoms with Crippen molar-refractivity contribution in [3.05, 3.63) is 11.9 Å². The SMILES string of the molecule is CCCNc1cc(NC(CC)(CC)CC)nc(CC)n1. The first-order chi connectivity index (χ1) is 9.62. The summed E-state index contributed by atoms with van der Waals surface area (Å²) >= 11 is 0. The summed E-state index contributed by atoms with van der Waals surface area (Å²) < 4.78 is 0. The van der Waals surface area contributed by atoms with Crippen molar-refractivity contribution in [3.63, 3.8) is 0 Å². The van der Waals surface area contributed by atoms with Crippen LogP contribution in [0, 0.1) is 0 Å². The largest absolute Gasteiger partial charge is 0.370 e. The molecule has 20 heavy (non-hydrogen) atoms. The summed E-state index contributed by atoms with van der Waals surface area (Å²) in [6, 6.07) is 2.03. The number of rotatable bonds is 9. The molecule has 1 aromatic rings. The zero-order valence-electron chi connectivity index (χ0n) is 13.7. The molecule has 0 saturated carbocycles. The standard InChI is InChI=1S/C16H30N4/c1-6-11-17-14-12-15(19-13(7-2)18-14)20-16(8-3,9-4)10-5/h12H,6-11H2,1-5H3,(H2,17,18,19,20). The molecule has 1 rings (SSSR count). The Hall–Kier alpha value is -1.32. The topological polar surface area (TPSA) is 49.8 Å². The Morgan fingerprint density at radius 2 is 1.55 bits per heavy atom. The lowest BCUT2D eigenvalue weighted by atomic mass is 9.90. The third-order valence-corrected chi connectivity index (χ3v) is 4.07. The van der Waals surface area contributed by atoms with Gasteiger partial charge in [-0.05, 0) is 25.7 Å². The maximum atomic E-state index is 4.63. The fourth-order valence-corrected chi connectivity index (χ4v) is 2.35. The molecule has 4 heteroatoms. The molecule has 0 aliphatic heterocycles. The number of aromatic nitrogens is 2. The highest BCUT2D eigenvalue weighted by molar-refractivity contribution is 5.49. The molecule has 0 fully saturated rings. The van der Waals surface area contributed by atoms with E-state index in [4.69, 9.17) is 0 Å². The van der Waals surface area contributed by atoms with E-state index in [0.29, 0.717) is 0 Å². The molecule has 0 unspecified atom stereocenters. The molecular formula is C16H30N4. The quantitative estimate of drug-likeness (QED) is 0.709. The Morgan fingerprint density at radius 1 is 0.950 bits per heavy atom. The monoisotopic (exact) mass is 278 g/mol. The van der Waals surface area contributed by atoms with Crippen LogP contribution in [0.1, 0.15) is 66.1 Å². The van der Waals surface area contributed by atoms with E-state index in [-0.39, 0.29) is 5.54 Å². The van der Waals surface area contributed by atoms with Crippen LogP contribution in [0.15, 0.2) is 6.07 Å². The summed E-state index contributed by atoms with van der Waals surface area (Å²) in [6.45, 7) is 11.9. The minimum Gasteiger partial charge on any atom is -0.370 e. The lowest BCUT2D eigenvalue weighted by Crippen LogP contribution is -2.36. The molecule has 0 aliphatic carbocycles. The lowest BCUT2D eigenvalue weighted by molar-refractivity contribution is 0.419. The Morgan fingerprint density at radius 3 is 2.05 bits per heavy atom. The summed E-state index contributed by atoms with van der Waals surface area (Å²) in [5.74, 6) is 2.77. The van der Waals surface area contributed by atoms with Gasteiger partial charge in [-0.2, -0.15) is 0 Å². The van der Waals surface area contributed by atoms with Gasteiger partial charge in [-0.3, -0.25) is 0 Å². The molecule has 2 N–H and O–H groups in total. The van der Waals surface area contributed by atoms with Crippen molar-refractivity contribution < 1.29 is 0 Å². The molecule has 114 valence electrons. The second-order valence-electron chi connectivity index (χ2n) is 5.30. The van der Waals surface area contributed by atoms with Crippen LogP contribution in [0.2, 0.25) is 0 Å². The number of anilines is 2. The van der Waals surface area contributed by atoms with E-state index in [1.165, 1.54) is 0 Å². The summed E-state index contributed by atoms with van der Waals surface area (Å²) in [5.41, 5.74) is 0.140. The second-order valence-corrected chi connectivity index (χ2v) is 5.30. The zero-order chi connectivity index (χ0) is 15.0. The predicted molar refractivity (Wildman–Crippen MR) is 87.4 cm³/mol. The van der Waals surface area contributed by atoms with E-state index < -0.39 is 0 Å². The minimum atomic E-state index is 0.140. The summed E-state index contributed by atoms with van der Waals surface area (Å²) in [5, 5.41) is 7.00. The first kappa shape index (κ1) is 16.7. The van der Waals surface area contributed by atoms with Gasteiger partial charge in [0.25, 0.3) is 0 Å². The van der Waals surface area contributed by atoms with Gasteiger partial charge in [-0.15, -0.1) is 0 Å². The van der Waals surface area contributed by atoms with Crippen LogP contribution in [0.4, 0.5) is 11.6 Å². The first-order valence-electron chi connectivity index (χ1n) is 8.03. The van der Waals surface area contributed by atoms with Crippen molar-refractivity contribution in [2.24, 2.45) is 0 Å². The van der Waals surface area contributed by atoms with Gasteiger partial charge in [0.05, 0.1) is 0 Å². The predicted octanol–water partition coefficient (Wildman–Crippen LogP) is 4.24. The summed E-state index contributed by atoms with van der Waals surface area (Å²) in [4.78, 5) is 9.16. The van der Waals surface area contributed by atoms with Crippen LogP contribution in [-0.4, -0.2) is 22.1 Å². The van der Waals surface area contributed by atoms with Crippen LogP contribution >= 0.6 is 0 Å². The van der Waals surface area contributed by atoms with Gasteiger partial charge in [-0.1, -0.05) is 34.6 Å². The van der Waals surface area contributed by atoms with Crippen LogP contribution in [0.5, 0.6) is 0 Å².